The number of alkyl halides is 3. The molecule has 3 rings (SSSR count). The van der Waals surface area contributed by atoms with E-state index in [4.69, 9.17) is 0 Å². The predicted octanol–water partition coefficient (Wildman–Crippen LogP) is 5.61. The van der Waals surface area contributed by atoms with Gasteiger partial charge in [0.25, 0.3) is 5.69 Å². The summed E-state index contributed by atoms with van der Waals surface area (Å²) in [5.41, 5.74) is -0.400. The van der Waals surface area contributed by atoms with Crippen LogP contribution in [0.2, 0.25) is 0 Å². The van der Waals surface area contributed by atoms with E-state index >= 15 is 0 Å². The second kappa shape index (κ2) is 9.81. The number of halogens is 5. The van der Waals surface area contributed by atoms with Gasteiger partial charge >= 0.3 is 6.36 Å². The first-order valence-corrected chi connectivity index (χ1v) is 9.65. The van der Waals surface area contributed by atoms with Gasteiger partial charge in [-0.15, -0.1) is 13.2 Å². The Morgan fingerprint density at radius 1 is 1.15 bits per heavy atom. The lowest BCUT2D eigenvalue weighted by molar-refractivity contribution is -0.383. The molecule has 0 amide bonds. The van der Waals surface area contributed by atoms with Crippen LogP contribution < -0.4 is 10.1 Å². The van der Waals surface area contributed by atoms with Crippen molar-refractivity contribution in [3.63, 3.8) is 0 Å². The number of aromatic nitrogens is 1. The predicted molar refractivity (Wildman–Crippen MR) is 111 cm³/mol. The molecule has 3 aromatic rings. The number of hydrogen-bond donors (Lipinski definition) is 1. The van der Waals surface area contributed by atoms with Gasteiger partial charge in [-0.25, -0.2) is 8.78 Å². The summed E-state index contributed by atoms with van der Waals surface area (Å²) in [6, 6.07) is 8.46. The molecule has 0 saturated heterocycles. The van der Waals surface area contributed by atoms with E-state index in [-0.39, 0.29) is 28.2 Å². The average Bonchev–Trinajstić information content (AvgIpc) is 2.78. The van der Waals surface area contributed by atoms with E-state index in [1.54, 1.807) is 0 Å². The van der Waals surface area contributed by atoms with Gasteiger partial charge in [0.1, 0.15) is 11.5 Å². The number of nitrogens with one attached hydrogen (secondary N) is 1. The Morgan fingerprint density at radius 2 is 1.88 bits per heavy atom. The van der Waals surface area contributed by atoms with E-state index in [0.717, 1.165) is 24.3 Å². The first kappa shape index (κ1) is 24.6. The van der Waals surface area contributed by atoms with E-state index in [1.807, 2.05) is 0 Å². The molecule has 1 aromatic heterocycles. The van der Waals surface area contributed by atoms with Crippen LogP contribution in [-0.2, 0) is 0 Å². The van der Waals surface area contributed by atoms with Crippen LogP contribution >= 0.6 is 0 Å². The number of hydrogen-bond acceptors (Lipinski definition) is 6. The van der Waals surface area contributed by atoms with Crippen LogP contribution in [0.4, 0.5) is 33.3 Å². The van der Waals surface area contributed by atoms with Gasteiger partial charge in [-0.05, 0) is 42.0 Å². The summed E-state index contributed by atoms with van der Waals surface area (Å²) in [6.45, 7) is 0. The minimum Gasteiger partial charge on any atom is -0.403 e. The van der Waals surface area contributed by atoms with Crippen molar-refractivity contribution in [3.8, 4) is 5.75 Å². The minimum atomic E-state index is -5.12. The smallest absolute Gasteiger partial charge is 0.403 e. The zero-order valence-electron chi connectivity index (χ0n) is 17.4. The molecule has 0 bridgehead atoms. The Hall–Kier alpha value is -4.09. The third-order valence-corrected chi connectivity index (χ3v) is 4.88. The number of nitro groups is 1. The molecule has 2 aromatic carbocycles. The molecule has 0 aliphatic carbocycles. The van der Waals surface area contributed by atoms with Crippen LogP contribution in [0.3, 0.4) is 0 Å². The Balaban J connectivity index is 2.00. The number of anilines is 1. The monoisotopic (exact) mass is 481 g/mol. The highest BCUT2D eigenvalue weighted by Crippen LogP contribution is 2.34. The molecule has 0 aliphatic heterocycles. The van der Waals surface area contributed by atoms with E-state index in [1.165, 1.54) is 31.4 Å². The average molecular weight is 481 g/mol. The molecule has 0 saturated carbocycles. The highest BCUT2D eigenvalue weighted by atomic mass is 19.4. The largest absolute Gasteiger partial charge is 0.573 e. The molecular formula is C22H16F5N3O4. The number of rotatable bonds is 8. The van der Waals surface area contributed by atoms with Crippen molar-refractivity contribution in [1.82, 2.24) is 4.98 Å². The van der Waals surface area contributed by atoms with E-state index in [2.05, 4.69) is 15.0 Å². The maximum Gasteiger partial charge on any atom is 0.573 e. The zero-order valence-corrected chi connectivity index (χ0v) is 17.4. The molecule has 1 heterocycles. The second-order valence-electron chi connectivity index (χ2n) is 7.03. The van der Waals surface area contributed by atoms with Crippen LogP contribution in [0.25, 0.3) is 0 Å². The molecule has 7 nitrogen and oxygen atoms in total. The Bertz CT molecular complexity index is 1230. The lowest BCUT2D eigenvalue weighted by Crippen LogP contribution is -2.18. The topological polar surface area (TPSA) is 94.4 Å². The molecule has 0 unspecified atom stereocenters. The van der Waals surface area contributed by atoms with Crippen LogP contribution in [0, 0.1) is 21.7 Å². The molecule has 0 radical (unpaired) electrons. The quantitative estimate of drug-likeness (QED) is 0.194. The van der Waals surface area contributed by atoms with Crippen molar-refractivity contribution in [2.45, 2.75) is 18.7 Å². The third kappa shape index (κ3) is 5.63. The van der Waals surface area contributed by atoms with Gasteiger partial charge in [-0.3, -0.25) is 19.9 Å². The number of Topliss-reactive ketones (excluding diaryl/α,β-unsaturated/α-hetero) is 1. The molecular weight excluding hydrogens is 465 g/mol. The minimum absolute atomic E-state index is 0.0197. The standard InChI is InChI=1S/C22H16F5N3O4/c1-28-17-10-13(4-6-18(17)30(32)33)19(31)11-14(21-15(23)3-2-8-29-21)12-5-7-20(16(24)9-12)34-22(25,26)27/h2-10,14,28H,11H2,1H3/t14-/m0/s1. The number of benzene rings is 2. The van der Waals surface area contributed by atoms with Crippen LogP contribution in [-0.4, -0.2) is 29.1 Å². The number of ketones is 1. The van der Waals surface area contributed by atoms with Gasteiger partial charge in [-0.1, -0.05) is 6.07 Å². The first-order chi connectivity index (χ1) is 16.0. The maximum absolute atomic E-state index is 14.5. The van der Waals surface area contributed by atoms with Crippen molar-refractivity contribution >= 4 is 17.2 Å². The van der Waals surface area contributed by atoms with Gasteiger partial charge in [0.05, 0.1) is 10.6 Å². The Labute approximate surface area is 189 Å². The molecule has 12 heteroatoms. The summed E-state index contributed by atoms with van der Waals surface area (Å²) in [5.74, 6) is -5.02. The summed E-state index contributed by atoms with van der Waals surface area (Å²) < 4.78 is 69.8. The fourth-order valence-electron chi connectivity index (χ4n) is 3.34. The van der Waals surface area contributed by atoms with Gasteiger partial charge in [-0.2, -0.15) is 0 Å². The molecule has 1 atom stereocenters. The summed E-state index contributed by atoms with van der Waals surface area (Å²) >= 11 is 0. The third-order valence-electron chi connectivity index (χ3n) is 4.88. The van der Waals surface area contributed by atoms with Crippen LogP contribution in [0.15, 0.2) is 54.7 Å². The summed E-state index contributed by atoms with van der Waals surface area (Å²) in [5, 5.41) is 13.7. The van der Waals surface area contributed by atoms with Crippen molar-refractivity contribution in [3.05, 3.63) is 93.3 Å². The van der Waals surface area contributed by atoms with E-state index in [9.17, 15) is 36.9 Å². The van der Waals surface area contributed by atoms with E-state index < -0.39 is 46.8 Å². The first-order valence-electron chi connectivity index (χ1n) is 9.65. The van der Waals surface area contributed by atoms with E-state index in [0.29, 0.717) is 6.07 Å². The summed E-state index contributed by atoms with van der Waals surface area (Å²) in [6.07, 6.45) is -4.32. The Kier molecular flexibility index (Phi) is 7.08. The highest BCUT2D eigenvalue weighted by Gasteiger charge is 2.33. The van der Waals surface area contributed by atoms with Gasteiger partial charge < -0.3 is 10.1 Å². The van der Waals surface area contributed by atoms with Gasteiger partial charge in [0, 0.05) is 37.2 Å². The normalized spacial score (nSPS) is 12.2. The molecule has 34 heavy (non-hydrogen) atoms. The van der Waals surface area contributed by atoms with Crippen LogP contribution in [0.1, 0.15) is 34.0 Å². The Morgan fingerprint density at radius 3 is 2.47 bits per heavy atom. The van der Waals surface area contributed by atoms with Gasteiger partial charge in [0.15, 0.2) is 17.3 Å². The highest BCUT2D eigenvalue weighted by molar-refractivity contribution is 5.98. The fourth-order valence-corrected chi connectivity index (χ4v) is 3.34. The van der Waals surface area contributed by atoms with Crippen molar-refractivity contribution in [2.75, 3.05) is 12.4 Å². The van der Waals surface area contributed by atoms with Gasteiger partial charge in [0.2, 0.25) is 0 Å². The number of carbonyl (C=O) groups excluding carboxylic acids is 1. The molecule has 178 valence electrons. The number of nitrogens with zero attached hydrogens (tertiary/aromatic N) is 2. The lowest BCUT2D eigenvalue weighted by Gasteiger charge is -2.18. The number of ether oxygens (including phenoxy) is 1. The second-order valence-corrected chi connectivity index (χ2v) is 7.03. The molecule has 1 N–H and O–H groups in total. The molecule has 0 aliphatic rings. The SMILES string of the molecule is CNc1cc(C(=O)C[C@@H](c2ccc(OC(F)(F)F)c(F)c2)c2ncccc2F)ccc1[N+](=O)[O-]. The summed E-state index contributed by atoms with van der Waals surface area (Å²) in [7, 11) is 1.43. The number of pyridine rings is 1. The summed E-state index contributed by atoms with van der Waals surface area (Å²) in [4.78, 5) is 27.4. The molecule has 0 fully saturated rings. The van der Waals surface area contributed by atoms with Crippen molar-refractivity contribution in [2.24, 2.45) is 0 Å². The molecule has 0 spiro atoms. The fraction of sp³-hybridized carbons (Fsp3) is 0.182. The zero-order chi connectivity index (χ0) is 25.0. The number of nitro benzene ring substituents is 1. The number of carbonyl (C=O) groups is 1. The van der Waals surface area contributed by atoms with Crippen molar-refractivity contribution < 1.29 is 36.4 Å². The van der Waals surface area contributed by atoms with Crippen LogP contribution in [0.5, 0.6) is 5.75 Å². The lowest BCUT2D eigenvalue weighted by atomic mass is 9.88. The van der Waals surface area contributed by atoms with Crippen molar-refractivity contribution in [1.29, 1.82) is 0 Å². The maximum atomic E-state index is 14.5.